The molecule has 0 spiro atoms. The minimum Gasteiger partial charge on any atom is -0.323 e. The molecule has 1 saturated heterocycles. The van der Waals surface area contributed by atoms with Crippen LogP contribution >= 0.6 is 11.3 Å². The van der Waals surface area contributed by atoms with Crippen LogP contribution in [0.25, 0.3) is 10.2 Å². The summed E-state index contributed by atoms with van der Waals surface area (Å²) >= 11 is 1.82. The number of nitrogens with one attached hydrogen (secondary N) is 1. The van der Waals surface area contributed by atoms with E-state index in [2.05, 4.69) is 30.3 Å². The van der Waals surface area contributed by atoms with Gasteiger partial charge in [0.05, 0.1) is 28.4 Å². The summed E-state index contributed by atoms with van der Waals surface area (Å²) in [4.78, 5) is 6.40. The Labute approximate surface area is 139 Å². The molecule has 3 aromatic rings. The lowest BCUT2D eigenvalue weighted by atomic mass is 10.1. The number of para-hydroxylation sites is 1. The Balaban J connectivity index is 1.63. The first-order valence-corrected chi connectivity index (χ1v) is 8.85. The molecule has 2 atom stereocenters. The second-order valence-electron chi connectivity index (χ2n) is 6.07. The van der Waals surface area contributed by atoms with E-state index in [-0.39, 0.29) is 0 Å². The molecule has 4 heteroatoms. The lowest BCUT2D eigenvalue weighted by Crippen LogP contribution is -3.08. The van der Waals surface area contributed by atoms with Gasteiger partial charge in [0.15, 0.2) is 5.01 Å². The molecular weight excluding hydrogens is 302 g/mol. The van der Waals surface area contributed by atoms with Crippen molar-refractivity contribution in [1.82, 2.24) is 4.98 Å². The molecule has 1 fully saturated rings. The van der Waals surface area contributed by atoms with Crippen molar-refractivity contribution in [2.75, 3.05) is 6.54 Å². The first-order chi connectivity index (χ1) is 11.3. The molecule has 2 heterocycles. The van der Waals surface area contributed by atoms with Crippen molar-refractivity contribution >= 4 is 21.6 Å². The summed E-state index contributed by atoms with van der Waals surface area (Å²) in [5.74, 6) is 0. The maximum absolute atomic E-state index is 9.30. The van der Waals surface area contributed by atoms with Crippen LogP contribution in [0.15, 0.2) is 48.5 Å². The molecule has 0 bridgehead atoms. The average molecular weight is 320 g/mol. The highest BCUT2D eigenvalue weighted by Crippen LogP contribution is 2.28. The summed E-state index contributed by atoms with van der Waals surface area (Å²) < 4.78 is 1.27. The predicted molar refractivity (Wildman–Crippen MR) is 92.3 cm³/mol. The van der Waals surface area contributed by atoms with Gasteiger partial charge in [-0.2, -0.15) is 5.26 Å². The molecule has 1 aromatic heterocycles. The van der Waals surface area contributed by atoms with Crippen LogP contribution in [0.5, 0.6) is 0 Å². The molecule has 1 aliphatic rings. The van der Waals surface area contributed by atoms with Crippen LogP contribution in [-0.2, 0) is 6.54 Å². The highest BCUT2D eigenvalue weighted by Gasteiger charge is 2.33. The molecule has 4 rings (SSSR count). The Morgan fingerprint density at radius 3 is 2.87 bits per heavy atom. The number of nitriles is 1. The number of likely N-dealkylation sites (tertiary alicyclic amines) is 1. The summed E-state index contributed by atoms with van der Waals surface area (Å²) in [6.45, 7) is 2.06. The van der Waals surface area contributed by atoms with Crippen molar-refractivity contribution in [2.45, 2.75) is 25.4 Å². The number of fused-ring (bicyclic) bond motifs is 1. The molecule has 114 valence electrons. The maximum Gasteiger partial charge on any atom is 0.151 e. The van der Waals surface area contributed by atoms with Gasteiger partial charge in [-0.1, -0.05) is 30.3 Å². The van der Waals surface area contributed by atoms with E-state index in [1.54, 1.807) is 0 Å². The van der Waals surface area contributed by atoms with Gasteiger partial charge in [0, 0.05) is 18.4 Å². The average Bonchev–Trinajstić information content (AvgIpc) is 3.21. The van der Waals surface area contributed by atoms with Gasteiger partial charge >= 0.3 is 0 Å². The number of aromatic nitrogens is 1. The summed E-state index contributed by atoms with van der Waals surface area (Å²) in [6, 6.07) is 19.1. The third-order valence-electron chi connectivity index (χ3n) is 4.65. The molecule has 0 saturated carbocycles. The second-order valence-corrected chi connectivity index (χ2v) is 7.13. The summed E-state index contributed by atoms with van der Waals surface area (Å²) in [7, 11) is 0. The van der Waals surface area contributed by atoms with Gasteiger partial charge in [-0.05, 0) is 18.2 Å². The van der Waals surface area contributed by atoms with E-state index >= 15 is 0 Å². The lowest BCUT2D eigenvalue weighted by Gasteiger charge is -2.20. The summed E-state index contributed by atoms with van der Waals surface area (Å²) in [5.41, 5.74) is 3.06. The van der Waals surface area contributed by atoms with Crippen molar-refractivity contribution in [2.24, 2.45) is 0 Å². The lowest BCUT2D eigenvalue weighted by molar-refractivity contribution is -0.932. The van der Waals surface area contributed by atoms with Crippen LogP contribution < -0.4 is 4.90 Å². The molecule has 1 unspecified atom stereocenters. The standard InChI is InChI=1S/C19H17N3S/c20-12-14-6-1-2-7-15(14)13-22-11-5-9-17(22)19-21-16-8-3-4-10-18(16)23-19/h1-4,6-8,10,17H,5,9,11,13H2/p+1/t17-/m1/s1. The molecule has 3 nitrogen and oxygen atoms in total. The molecular formula is C19H18N3S+. The normalized spacial score (nSPS) is 20.7. The summed E-state index contributed by atoms with van der Waals surface area (Å²) in [6.07, 6.45) is 2.41. The van der Waals surface area contributed by atoms with E-state index < -0.39 is 0 Å². The van der Waals surface area contributed by atoms with Crippen molar-refractivity contribution < 1.29 is 4.90 Å². The Hall–Kier alpha value is -2.22. The number of hydrogen-bond acceptors (Lipinski definition) is 3. The number of benzene rings is 2. The zero-order valence-electron chi connectivity index (χ0n) is 12.8. The predicted octanol–water partition coefficient (Wildman–Crippen LogP) is 3.09. The Morgan fingerprint density at radius 1 is 1.17 bits per heavy atom. The number of rotatable bonds is 3. The van der Waals surface area contributed by atoms with E-state index in [0.29, 0.717) is 6.04 Å². The second kappa shape index (κ2) is 6.11. The largest absolute Gasteiger partial charge is 0.323 e. The monoisotopic (exact) mass is 320 g/mol. The van der Waals surface area contributed by atoms with Crippen molar-refractivity contribution in [3.8, 4) is 6.07 Å². The smallest absolute Gasteiger partial charge is 0.151 e. The van der Waals surface area contributed by atoms with Gasteiger partial charge in [-0.15, -0.1) is 11.3 Å². The third kappa shape index (κ3) is 2.74. The van der Waals surface area contributed by atoms with Crippen LogP contribution in [0.3, 0.4) is 0 Å². The van der Waals surface area contributed by atoms with Gasteiger partial charge in [0.2, 0.25) is 0 Å². The molecule has 0 amide bonds. The highest BCUT2D eigenvalue weighted by molar-refractivity contribution is 7.18. The van der Waals surface area contributed by atoms with E-state index in [9.17, 15) is 5.26 Å². The molecule has 23 heavy (non-hydrogen) atoms. The van der Waals surface area contributed by atoms with Crippen molar-refractivity contribution in [1.29, 1.82) is 5.26 Å². The summed E-state index contributed by atoms with van der Waals surface area (Å²) in [5, 5.41) is 10.5. The van der Waals surface area contributed by atoms with Gasteiger partial charge < -0.3 is 4.90 Å². The molecule has 1 aliphatic heterocycles. The van der Waals surface area contributed by atoms with Gasteiger partial charge in [0.25, 0.3) is 0 Å². The maximum atomic E-state index is 9.30. The first-order valence-electron chi connectivity index (χ1n) is 8.03. The minimum absolute atomic E-state index is 0.458. The Bertz CT molecular complexity index is 844. The fraction of sp³-hybridized carbons (Fsp3) is 0.263. The van der Waals surface area contributed by atoms with Crippen LogP contribution in [0.2, 0.25) is 0 Å². The molecule has 2 aromatic carbocycles. The molecule has 1 N–H and O–H groups in total. The number of thiazole rings is 1. The van der Waals surface area contributed by atoms with Crippen LogP contribution in [0, 0.1) is 11.3 Å². The van der Waals surface area contributed by atoms with Crippen molar-refractivity contribution in [3.63, 3.8) is 0 Å². The first kappa shape index (κ1) is 14.4. The van der Waals surface area contributed by atoms with Crippen LogP contribution in [0.1, 0.15) is 35.0 Å². The van der Waals surface area contributed by atoms with E-state index in [1.807, 2.05) is 35.6 Å². The van der Waals surface area contributed by atoms with Crippen molar-refractivity contribution in [3.05, 3.63) is 64.7 Å². The van der Waals surface area contributed by atoms with Gasteiger partial charge in [-0.3, -0.25) is 0 Å². The highest BCUT2D eigenvalue weighted by atomic mass is 32.1. The van der Waals surface area contributed by atoms with Crippen LogP contribution in [0.4, 0.5) is 0 Å². The zero-order valence-corrected chi connectivity index (χ0v) is 13.6. The van der Waals surface area contributed by atoms with Gasteiger partial charge in [-0.25, -0.2) is 4.98 Å². The van der Waals surface area contributed by atoms with E-state index in [0.717, 1.165) is 29.7 Å². The van der Waals surface area contributed by atoms with Gasteiger partial charge in [0.1, 0.15) is 12.6 Å². The quantitative estimate of drug-likeness (QED) is 0.806. The van der Waals surface area contributed by atoms with E-state index in [1.165, 1.54) is 27.4 Å². The Morgan fingerprint density at radius 2 is 2.00 bits per heavy atom. The fourth-order valence-corrected chi connectivity index (χ4v) is 4.65. The molecule has 0 aliphatic carbocycles. The zero-order chi connectivity index (χ0) is 15.6. The molecule has 0 radical (unpaired) electrons. The third-order valence-corrected chi connectivity index (χ3v) is 5.80. The SMILES string of the molecule is N#Cc1ccccc1C[NH+]1CCC[C@@H]1c1nc2ccccc2s1. The number of nitrogens with zero attached hydrogens (tertiary/aromatic N) is 2. The van der Waals surface area contributed by atoms with E-state index in [4.69, 9.17) is 4.98 Å². The van der Waals surface area contributed by atoms with Crippen LogP contribution in [-0.4, -0.2) is 11.5 Å². The fourth-order valence-electron chi connectivity index (χ4n) is 3.49. The minimum atomic E-state index is 0.458. The topological polar surface area (TPSA) is 41.1 Å². The number of hydrogen-bond donors (Lipinski definition) is 1. The Kier molecular flexibility index (Phi) is 3.82. The number of quaternary nitrogens is 1.